The molecule has 8 nitrogen and oxygen atoms in total. The van der Waals surface area contributed by atoms with Crippen LogP contribution in [0.2, 0.25) is 0 Å². The third-order valence-electron chi connectivity index (χ3n) is 6.29. The lowest BCUT2D eigenvalue weighted by molar-refractivity contribution is -0.0210. The molecule has 0 saturated heterocycles. The number of methoxy groups -OCH3 is 3. The van der Waals surface area contributed by atoms with Crippen LogP contribution in [0.3, 0.4) is 0 Å². The van der Waals surface area contributed by atoms with Crippen LogP contribution in [0.15, 0.2) is 59.7 Å². The fourth-order valence-electron chi connectivity index (χ4n) is 4.61. The zero-order chi connectivity index (χ0) is 24.5. The van der Waals surface area contributed by atoms with E-state index < -0.39 is 6.23 Å². The topological polar surface area (TPSA) is 82.0 Å². The first kappa shape index (κ1) is 22.7. The van der Waals surface area contributed by atoms with Crippen molar-refractivity contribution in [3.8, 4) is 34.5 Å². The van der Waals surface area contributed by atoms with Gasteiger partial charge >= 0.3 is 0 Å². The van der Waals surface area contributed by atoms with Crippen molar-refractivity contribution in [1.29, 1.82) is 0 Å². The highest BCUT2D eigenvalue weighted by Gasteiger charge is 2.42. The Kier molecular flexibility index (Phi) is 6.03. The molecule has 0 aromatic heterocycles. The molecule has 1 N–H and O–H groups in total. The summed E-state index contributed by atoms with van der Waals surface area (Å²) in [6.07, 6.45) is 0.0354. The van der Waals surface area contributed by atoms with Crippen molar-refractivity contribution < 1.29 is 28.8 Å². The van der Waals surface area contributed by atoms with Gasteiger partial charge < -0.3 is 28.8 Å². The number of hydrazone groups is 1. The molecular formula is C27H28N2O6. The van der Waals surface area contributed by atoms with Crippen LogP contribution in [0.4, 0.5) is 0 Å². The Morgan fingerprint density at radius 2 is 1.80 bits per heavy atom. The number of ether oxygens (including phenoxy) is 5. The molecule has 0 spiro atoms. The van der Waals surface area contributed by atoms with Crippen molar-refractivity contribution in [3.63, 3.8) is 0 Å². The molecule has 0 aliphatic carbocycles. The van der Waals surface area contributed by atoms with E-state index in [1.165, 1.54) is 0 Å². The Bertz CT molecular complexity index is 1270. The molecule has 35 heavy (non-hydrogen) atoms. The summed E-state index contributed by atoms with van der Waals surface area (Å²) in [7, 11) is 4.84. The van der Waals surface area contributed by atoms with Gasteiger partial charge in [0.1, 0.15) is 11.5 Å². The van der Waals surface area contributed by atoms with Gasteiger partial charge in [0.05, 0.1) is 39.7 Å². The number of nitrogens with zero attached hydrogens (tertiary/aromatic N) is 2. The average molecular weight is 477 g/mol. The Balaban J connectivity index is 1.62. The largest absolute Gasteiger partial charge is 0.507 e. The molecule has 3 aromatic rings. The maximum Gasteiger partial charge on any atom is 0.214 e. The highest BCUT2D eigenvalue weighted by Crippen LogP contribution is 2.51. The third kappa shape index (κ3) is 3.95. The maximum absolute atomic E-state index is 10.6. The van der Waals surface area contributed by atoms with Crippen LogP contribution in [0.25, 0.3) is 0 Å². The molecule has 0 fully saturated rings. The number of phenolic OH excluding ortho intramolecular Hbond substituents is 1. The van der Waals surface area contributed by atoms with Gasteiger partial charge in [-0.15, -0.1) is 0 Å². The predicted molar refractivity (Wildman–Crippen MR) is 131 cm³/mol. The van der Waals surface area contributed by atoms with E-state index in [2.05, 4.69) is 0 Å². The molecule has 0 saturated carbocycles. The minimum atomic E-state index is -0.543. The average Bonchev–Trinajstić information content (AvgIpc) is 3.34. The SMILES string of the molecule is CCOc1ccc([C@@H]2Oc3c(OC)cccc3[C@H]3CC(c4cc(OC)ccc4O)=NN32)cc1OC. The number of phenols is 1. The Morgan fingerprint density at radius 1 is 0.971 bits per heavy atom. The van der Waals surface area contributed by atoms with Gasteiger partial charge in [-0.1, -0.05) is 12.1 Å². The van der Waals surface area contributed by atoms with Crippen molar-refractivity contribution in [1.82, 2.24) is 5.01 Å². The number of hydrogen-bond acceptors (Lipinski definition) is 8. The number of rotatable bonds is 7. The van der Waals surface area contributed by atoms with E-state index in [9.17, 15) is 5.11 Å². The quantitative estimate of drug-likeness (QED) is 0.510. The molecule has 0 bridgehead atoms. The van der Waals surface area contributed by atoms with Gasteiger partial charge in [0.15, 0.2) is 23.0 Å². The second-order valence-electron chi connectivity index (χ2n) is 8.22. The molecule has 0 amide bonds. The van der Waals surface area contributed by atoms with Crippen LogP contribution >= 0.6 is 0 Å². The molecule has 0 radical (unpaired) electrons. The molecule has 5 rings (SSSR count). The van der Waals surface area contributed by atoms with E-state index in [4.69, 9.17) is 28.8 Å². The van der Waals surface area contributed by atoms with Gasteiger partial charge in [-0.3, -0.25) is 0 Å². The summed E-state index contributed by atoms with van der Waals surface area (Å²) in [4.78, 5) is 0. The lowest BCUT2D eigenvalue weighted by Crippen LogP contribution is -2.33. The van der Waals surface area contributed by atoms with Crippen LogP contribution in [0.1, 0.15) is 42.3 Å². The zero-order valence-electron chi connectivity index (χ0n) is 20.1. The smallest absolute Gasteiger partial charge is 0.214 e. The summed E-state index contributed by atoms with van der Waals surface area (Å²) in [6.45, 7) is 2.46. The van der Waals surface area contributed by atoms with Gasteiger partial charge in [-0.25, -0.2) is 5.01 Å². The number of benzene rings is 3. The summed E-state index contributed by atoms with van der Waals surface area (Å²) in [5.41, 5.74) is 3.20. The summed E-state index contributed by atoms with van der Waals surface area (Å²) >= 11 is 0. The first-order chi connectivity index (χ1) is 17.1. The van der Waals surface area contributed by atoms with Crippen LogP contribution in [-0.4, -0.2) is 43.8 Å². The monoisotopic (exact) mass is 476 g/mol. The summed E-state index contributed by atoms with van der Waals surface area (Å²) in [5.74, 6) is 3.41. The molecule has 2 heterocycles. The second kappa shape index (κ2) is 9.29. The fourth-order valence-corrected chi connectivity index (χ4v) is 4.61. The molecule has 182 valence electrons. The lowest BCUT2D eigenvalue weighted by Gasteiger charge is -2.38. The van der Waals surface area contributed by atoms with E-state index in [1.807, 2.05) is 48.3 Å². The van der Waals surface area contributed by atoms with Gasteiger partial charge in [-0.2, -0.15) is 5.10 Å². The number of fused-ring (bicyclic) bond motifs is 3. The van der Waals surface area contributed by atoms with Gasteiger partial charge in [0.25, 0.3) is 0 Å². The molecule has 2 atom stereocenters. The van der Waals surface area contributed by atoms with Crippen molar-refractivity contribution in [3.05, 3.63) is 71.3 Å². The molecule has 0 unspecified atom stereocenters. The molecule has 2 aliphatic heterocycles. The number of para-hydroxylation sites is 1. The first-order valence-corrected chi connectivity index (χ1v) is 11.4. The minimum Gasteiger partial charge on any atom is -0.507 e. The van der Waals surface area contributed by atoms with E-state index in [0.29, 0.717) is 47.3 Å². The molecule has 2 aliphatic rings. The second-order valence-corrected chi connectivity index (χ2v) is 8.22. The summed E-state index contributed by atoms with van der Waals surface area (Å²) in [6, 6.07) is 16.6. The highest BCUT2D eigenvalue weighted by atomic mass is 16.5. The Morgan fingerprint density at radius 3 is 2.54 bits per heavy atom. The summed E-state index contributed by atoms with van der Waals surface area (Å²) in [5, 5.41) is 17.5. The van der Waals surface area contributed by atoms with Crippen LogP contribution in [0, 0.1) is 0 Å². The van der Waals surface area contributed by atoms with Gasteiger partial charge in [0.2, 0.25) is 6.23 Å². The standard InChI is InChI=1S/C27H28N2O6/c1-5-34-23-12-9-16(13-25(23)33-4)27-29-21(18-7-6-8-24(32-3)26(18)35-27)15-20(28-29)19-14-17(31-2)10-11-22(19)30/h6-14,21,27,30H,5,15H2,1-4H3/t21-,27+/m1/s1. The Labute approximate surface area is 204 Å². The third-order valence-corrected chi connectivity index (χ3v) is 6.29. The van der Waals surface area contributed by atoms with E-state index >= 15 is 0 Å². The van der Waals surface area contributed by atoms with Crippen molar-refractivity contribution >= 4 is 5.71 Å². The van der Waals surface area contributed by atoms with E-state index in [-0.39, 0.29) is 11.8 Å². The normalized spacial score (nSPS) is 18.2. The molecular weight excluding hydrogens is 448 g/mol. The molecule has 3 aromatic carbocycles. The summed E-state index contributed by atoms with van der Waals surface area (Å²) < 4.78 is 28.8. The van der Waals surface area contributed by atoms with Crippen LogP contribution < -0.4 is 23.7 Å². The van der Waals surface area contributed by atoms with Crippen molar-refractivity contribution in [2.75, 3.05) is 27.9 Å². The predicted octanol–water partition coefficient (Wildman–Crippen LogP) is 5.06. The lowest BCUT2D eigenvalue weighted by atomic mass is 9.95. The van der Waals surface area contributed by atoms with Crippen molar-refractivity contribution in [2.45, 2.75) is 25.6 Å². The minimum absolute atomic E-state index is 0.114. The molecule has 8 heteroatoms. The number of hydrogen-bond donors (Lipinski definition) is 1. The van der Waals surface area contributed by atoms with E-state index in [0.717, 1.165) is 16.8 Å². The highest BCUT2D eigenvalue weighted by molar-refractivity contribution is 6.04. The van der Waals surface area contributed by atoms with Crippen LogP contribution in [-0.2, 0) is 0 Å². The van der Waals surface area contributed by atoms with Gasteiger partial charge in [0, 0.05) is 23.1 Å². The zero-order valence-corrected chi connectivity index (χ0v) is 20.1. The Hall–Kier alpha value is -4.07. The van der Waals surface area contributed by atoms with Crippen molar-refractivity contribution in [2.24, 2.45) is 5.10 Å². The van der Waals surface area contributed by atoms with E-state index in [1.54, 1.807) is 39.5 Å². The first-order valence-electron chi connectivity index (χ1n) is 11.4. The van der Waals surface area contributed by atoms with Crippen LogP contribution in [0.5, 0.6) is 34.5 Å². The fraction of sp³-hybridized carbons (Fsp3) is 0.296. The number of aromatic hydroxyl groups is 1. The maximum atomic E-state index is 10.6. The van der Waals surface area contributed by atoms with Gasteiger partial charge in [-0.05, 0) is 49.4 Å².